The average Bonchev–Trinajstić information content (AvgIpc) is 2.62. The van der Waals surface area contributed by atoms with E-state index >= 15 is 0 Å². The first-order valence-electron chi connectivity index (χ1n) is 6.18. The molecule has 2 heterocycles. The molecule has 6 heteroatoms. The minimum Gasteiger partial charge on any atom is -0.352 e. The maximum atomic E-state index is 12.4. The first kappa shape index (κ1) is 12.9. The minimum absolute atomic E-state index is 0.00684. The molecule has 0 aliphatic carbocycles. The molecule has 0 aromatic heterocycles. The van der Waals surface area contributed by atoms with Crippen molar-refractivity contribution < 1.29 is 14.4 Å². The third-order valence-corrected chi connectivity index (χ3v) is 3.81. The molecule has 1 unspecified atom stereocenters. The van der Waals surface area contributed by atoms with Gasteiger partial charge in [-0.25, -0.2) is 0 Å². The minimum atomic E-state index is -0.834. The third-order valence-electron chi connectivity index (χ3n) is 3.81. The summed E-state index contributed by atoms with van der Waals surface area (Å²) in [4.78, 5) is 38.9. The lowest BCUT2D eigenvalue weighted by Crippen LogP contribution is -2.64. The second kappa shape index (κ2) is 4.26. The van der Waals surface area contributed by atoms with Gasteiger partial charge in [0.05, 0.1) is 5.92 Å². The van der Waals surface area contributed by atoms with E-state index in [-0.39, 0.29) is 30.1 Å². The number of likely N-dealkylation sites (tertiary alicyclic amines) is 1. The van der Waals surface area contributed by atoms with E-state index in [1.165, 1.54) is 0 Å². The van der Waals surface area contributed by atoms with E-state index in [9.17, 15) is 14.4 Å². The van der Waals surface area contributed by atoms with Crippen LogP contribution in [0, 0.1) is 5.92 Å². The summed E-state index contributed by atoms with van der Waals surface area (Å²) >= 11 is 0. The van der Waals surface area contributed by atoms with Crippen molar-refractivity contribution in [3.63, 3.8) is 0 Å². The molecule has 6 nitrogen and oxygen atoms in total. The molecule has 2 aliphatic rings. The molecule has 3 amide bonds. The van der Waals surface area contributed by atoms with Gasteiger partial charge in [0.2, 0.25) is 17.7 Å². The predicted molar refractivity (Wildman–Crippen MR) is 64.5 cm³/mol. The fraction of sp³-hybridized carbons (Fsp3) is 0.750. The first-order valence-corrected chi connectivity index (χ1v) is 6.18. The van der Waals surface area contributed by atoms with Crippen LogP contribution in [0.2, 0.25) is 0 Å². The average molecular weight is 253 g/mol. The summed E-state index contributed by atoms with van der Waals surface area (Å²) in [5.74, 6) is -0.548. The van der Waals surface area contributed by atoms with Crippen LogP contribution in [0.4, 0.5) is 0 Å². The Morgan fingerprint density at radius 2 is 2.06 bits per heavy atom. The molecule has 2 fully saturated rings. The molecule has 0 aromatic rings. The largest absolute Gasteiger partial charge is 0.352 e. The van der Waals surface area contributed by atoms with Gasteiger partial charge in [-0.3, -0.25) is 14.4 Å². The quantitative estimate of drug-likeness (QED) is 0.665. The number of hydrogen-bond donors (Lipinski definition) is 1. The van der Waals surface area contributed by atoms with Crippen molar-refractivity contribution in [1.82, 2.24) is 15.1 Å². The molecule has 0 radical (unpaired) electrons. The lowest BCUT2D eigenvalue weighted by Gasteiger charge is -2.42. The zero-order chi connectivity index (χ0) is 13.5. The molecule has 2 aliphatic heterocycles. The topological polar surface area (TPSA) is 69.7 Å². The van der Waals surface area contributed by atoms with Crippen LogP contribution in [0.25, 0.3) is 0 Å². The number of nitrogens with one attached hydrogen (secondary N) is 1. The summed E-state index contributed by atoms with van der Waals surface area (Å²) < 4.78 is 0. The van der Waals surface area contributed by atoms with Crippen molar-refractivity contribution in [2.45, 2.75) is 25.8 Å². The zero-order valence-corrected chi connectivity index (χ0v) is 11.0. The van der Waals surface area contributed by atoms with Crippen molar-refractivity contribution in [1.29, 1.82) is 0 Å². The number of nitrogens with zero attached hydrogens (tertiary/aromatic N) is 2. The molecular formula is C12H19N3O3. The molecule has 1 N–H and O–H groups in total. The molecule has 0 aromatic carbocycles. The van der Waals surface area contributed by atoms with Crippen molar-refractivity contribution in [2.75, 3.05) is 26.7 Å². The Kier molecular flexibility index (Phi) is 3.04. The van der Waals surface area contributed by atoms with E-state index in [0.717, 1.165) is 0 Å². The van der Waals surface area contributed by atoms with Crippen LogP contribution in [0.15, 0.2) is 0 Å². The molecule has 0 spiro atoms. The van der Waals surface area contributed by atoms with Gasteiger partial charge < -0.3 is 15.1 Å². The Morgan fingerprint density at radius 1 is 1.39 bits per heavy atom. The van der Waals surface area contributed by atoms with Gasteiger partial charge >= 0.3 is 0 Å². The van der Waals surface area contributed by atoms with E-state index in [4.69, 9.17) is 0 Å². The van der Waals surface area contributed by atoms with Gasteiger partial charge in [-0.2, -0.15) is 0 Å². The van der Waals surface area contributed by atoms with E-state index < -0.39 is 5.54 Å². The lowest BCUT2D eigenvalue weighted by atomic mass is 9.95. The Bertz CT molecular complexity index is 405. The van der Waals surface area contributed by atoms with E-state index in [1.54, 1.807) is 30.7 Å². The van der Waals surface area contributed by atoms with Gasteiger partial charge in [0.15, 0.2) is 0 Å². The normalized spacial score (nSPS) is 27.4. The van der Waals surface area contributed by atoms with Crippen LogP contribution in [-0.2, 0) is 14.4 Å². The van der Waals surface area contributed by atoms with Crippen LogP contribution in [-0.4, -0.2) is 59.7 Å². The highest BCUT2D eigenvalue weighted by atomic mass is 16.2. The fourth-order valence-corrected chi connectivity index (χ4v) is 2.53. The number of piperazine rings is 1. The summed E-state index contributed by atoms with van der Waals surface area (Å²) in [7, 11) is 1.70. The highest BCUT2D eigenvalue weighted by Gasteiger charge is 2.44. The molecule has 0 bridgehead atoms. The molecule has 100 valence electrons. The number of carbonyl (C=O) groups excluding carboxylic acids is 3. The molecule has 1 atom stereocenters. The monoisotopic (exact) mass is 253 g/mol. The maximum absolute atomic E-state index is 12.4. The highest BCUT2D eigenvalue weighted by Crippen LogP contribution is 2.25. The predicted octanol–water partition coefficient (Wildman–Crippen LogP) is -0.798. The van der Waals surface area contributed by atoms with Gasteiger partial charge in [-0.15, -0.1) is 0 Å². The van der Waals surface area contributed by atoms with Crippen LogP contribution in [0.1, 0.15) is 20.3 Å². The number of rotatable bonds is 1. The number of amides is 3. The van der Waals surface area contributed by atoms with Crippen molar-refractivity contribution in [3.05, 3.63) is 0 Å². The van der Waals surface area contributed by atoms with E-state index in [2.05, 4.69) is 5.32 Å². The Morgan fingerprint density at radius 3 is 2.61 bits per heavy atom. The first-order chi connectivity index (χ1) is 8.34. The maximum Gasteiger partial charge on any atom is 0.245 e. The fourth-order valence-electron chi connectivity index (χ4n) is 2.53. The molecule has 18 heavy (non-hydrogen) atoms. The Balaban J connectivity index is 2.14. The molecule has 2 saturated heterocycles. The van der Waals surface area contributed by atoms with Gasteiger partial charge in [-0.05, 0) is 13.8 Å². The van der Waals surface area contributed by atoms with Gasteiger partial charge in [0, 0.05) is 33.1 Å². The number of hydrogen-bond acceptors (Lipinski definition) is 3. The third kappa shape index (κ3) is 1.95. The van der Waals surface area contributed by atoms with Gasteiger partial charge in [0.25, 0.3) is 0 Å². The van der Waals surface area contributed by atoms with Gasteiger partial charge in [0.1, 0.15) is 5.54 Å². The Hall–Kier alpha value is -1.59. The standard InChI is InChI=1S/C12H19N3O3/c1-12(2)11(18)13-4-5-15(12)10(17)8-6-9(16)14(3)7-8/h8H,4-7H2,1-3H3,(H,13,18). The number of carbonyl (C=O) groups is 3. The van der Waals surface area contributed by atoms with Crippen LogP contribution in [0.3, 0.4) is 0 Å². The lowest BCUT2D eigenvalue weighted by molar-refractivity contribution is -0.151. The Labute approximate surface area is 106 Å². The van der Waals surface area contributed by atoms with Gasteiger partial charge in [-0.1, -0.05) is 0 Å². The van der Waals surface area contributed by atoms with Crippen LogP contribution in [0.5, 0.6) is 0 Å². The molecule has 2 rings (SSSR count). The second-order valence-corrected chi connectivity index (χ2v) is 5.48. The highest BCUT2D eigenvalue weighted by molar-refractivity contribution is 5.95. The molecule has 0 saturated carbocycles. The van der Waals surface area contributed by atoms with Crippen molar-refractivity contribution in [2.24, 2.45) is 5.92 Å². The van der Waals surface area contributed by atoms with E-state index in [0.29, 0.717) is 19.6 Å². The molecular weight excluding hydrogens is 234 g/mol. The summed E-state index contributed by atoms with van der Waals surface area (Å²) in [6.45, 7) is 4.90. The summed E-state index contributed by atoms with van der Waals surface area (Å²) in [6, 6.07) is 0. The van der Waals surface area contributed by atoms with E-state index in [1.807, 2.05) is 0 Å². The second-order valence-electron chi connectivity index (χ2n) is 5.48. The van der Waals surface area contributed by atoms with Crippen LogP contribution >= 0.6 is 0 Å². The SMILES string of the molecule is CN1CC(C(=O)N2CCNC(=O)C2(C)C)CC1=O. The van der Waals surface area contributed by atoms with Crippen molar-refractivity contribution in [3.8, 4) is 0 Å². The van der Waals surface area contributed by atoms with Crippen molar-refractivity contribution >= 4 is 17.7 Å². The summed E-state index contributed by atoms with van der Waals surface area (Å²) in [5.41, 5.74) is -0.834. The smallest absolute Gasteiger partial charge is 0.245 e. The van der Waals surface area contributed by atoms with Crippen LogP contribution < -0.4 is 5.32 Å². The summed E-state index contributed by atoms with van der Waals surface area (Å²) in [5, 5.41) is 2.76. The zero-order valence-electron chi connectivity index (χ0n) is 11.0. The summed E-state index contributed by atoms with van der Waals surface area (Å²) in [6.07, 6.45) is 0.254.